The minimum absolute atomic E-state index is 0. The summed E-state index contributed by atoms with van der Waals surface area (Å²) in [6.07, 6.45) is 8.30. The van der Waals surface area contributed by atoms with Crippen molar-refractivity contribution in [1.82, 2.24) is 15.1 Å². The van der Waals surface area contributed by atoms with Gasteiger partial charge in [0.1, 0.15) is 0 Å². The van der Waals surface area contributed by atoms with Gasteiger partial charge in [0.2, 0.25) is 0 Å². The van der Waals surface area contributed by atoms with Crippen LogP contribution in [0.15, 0.2) is 45.9 Å². The number of hydrogen-bond donors (Lipinski definition) is 1. The minimum Gasteiger partial charge on any atom is -0.357 e. The van der Waals surface area contributed by atoms with Crippen LogP contribution in [0.5, 0.6) is 0 Å². The van der Waals surface area contributed by atoms with E-state index in [2.05, 4.69) is 74.4 Å². The first-order chi connectivity index (χ1) is 12.7. The lowest BCUT2D eigenvalue weighted by molar-refractivity contribution is 0.259. The van der Waals surface area contributed by atoms with Gasteiger partial charge >= 0.3 is 0 Å². The lowest BCUT2D eigenvalue weighted by Crippen LogP contribution is -2.43. The van der Waals surface area contributed by atoms with E-state index in [1.54, 1.807) is 0 Å². The van der Waals surface area contributed by atoms with E-state index in [9.17, 15) is 0 Å². The van der Waals surface area contributed by atoms with E-state index < -0.39 is 0 Å². The molecule has 1 aliphatic carbocycles. The normalized spacial score (nSPS) is 24.1. The van der Waals surface area contributed by atoms with E-state index >= 15 is 0 Å². The number of hydrogen-bond acceptors (Lipinski definition) is 2. The molecular weight excluding hydrogens is 515 g/mol. The van der Waals surface area contributed by atoms with E-state index in [-0.39, 0.29) is 29.4 Å². The lowest BCUT2D eigenvalue weighted by Gasteiger charge is -2.26. The molecule has 0 bridgehead atoms. The molecule has 6 heteroatoms. The smallest absolute Gasteiger partial charge is 0.193 e. The van der Waals surface area contributed by atoms with Crippen molar-refractivity contribution in [1.29, 1.82) is 0 Å². The number of nitrogens with zero attached hydrogens (tertiary/aromatic N) is 3. The summed E-state index contributed by atoms with van der Waals surface area (Å²) >= 11 is 3.61. The predicted molar refractivity (Wildman–Crippen MR) is 127 cm³/mol. The molecule has 2 aliphatic heterocycles. The summed E-state index contributed by atoms with van der Waals surface area (Å²) in [5.74, 6) is 1.10. The second-order valence-corrected chi connectivity index (χ2v) is 8.69. The Morgan fingerprint density at radius 3 is 2.74 bits per heavy atom. The Kier molecular flexibility index (Phi) is 7.25. The van der Waals surface area contributed by atoms with Crippen molar-refractivity contribution in [3.63, 3.8) is 0 Å². The summed E-state index contributed by atoms with van der Waals surface area (Å²) in [5, 5.41) is 3.53. The van der Waals surface area contributed by atoms with Gasteiger partial charge in [-0.3, -0.25) is 9.89 Å². The summed E-state index contributed by atoms with van der Waals surface area (Å²) in [6, 6.07) is 9.43. The second-order valence-electron chi connectivity index (χ2n) is 7.77. The largest absolute Gasteiger partial charge is 0.357 e. The Morgan fingerprint density at radius 2 is 2.07 bits per heavy atom. The van der Waals surface area contributed by atoms with Gasteiger partial charge in [0.25, 0.3) is 0 Å². The Morgan fingerprint density at radius 1 is 1.30 bits per heavy atom. The van der Waals surface area contributed by atoms with Gasteiger partial charge in [-0.15, -0.1) is 24.0 Å². The molecule has 4 rings (SSSR count). The maximum Gasteiger partial charge on any atom is 0.193 e. The summed E-state index contributed by atoms with van der Waals surface area (Å²) < 4.78 is 1.17. The highest BCUT2D eigenvalue weighted by Gasteiger charge is 2.44. The van der Waals surface area contributed by atoms with Crippen LogP contribution in [0.4, 0.5) is 0 Å². The van der Waals surface area contributed by atoms with Crippen molar-refractivity contribution >= 4 is 45.9 Å². The van der Waals surface area contributed by atoms with Crippen molar-refractivity contribution < 1.29 is 0 Å². The van der Waals surface area contributed by atoms with Crippen LogP contribution in [-0.2, 0) is 5.41 Å². The topological polar surface area (TPSA) is 30.9 Å². The van der Waals surface area contributed by atoms with Crippen LogP contribution in [0.25, 0.3) is 0 Å². The fraction of sp³-hybridized carbons (Fsp3) is 0.571. The van der Waals surface area contributed by atoms with Crippen LogP contribution in [0.2, 0.25) is 0 Å². The van der Waals surface area contributed by atoms with Crippen molar-refractivity contribution in [3.05, 3.63) is 46.5 Å². The van der Waals surface area contributed by atoms with Gasteiger partial charge in [-0.05, 0) is 43.9 Å². The molecular formula is C21H30BrIN4. The first-order valence-corrected chi connectivity index (χ1v) is 10.7. The molecule has 1 unspecified atom stereocenters. The molecule has 3 aliphatic rings. The van der Waals surface area contributed by atoms with Crippen LogP contribution in [0.1, 0.15) is 31.7 Å². The third-order valence-corrected chi connectivity index (χ3v) is 6.48. The molecule has 1 saturated heterocycles. The summed E-state index contributed by atoms with van der Waals surface area (Å²) in [7, 11) is 0. The zero-order valence-corrected chi connectivity index (χ0v) is 19.9. The van der Waals surface area contributed by atoms with Gasteiger partial charge < -0.3 is 10.2 Å². The predicted octanol–water partition coefficient (Wildman–Crippen LogP) is 4.01. The summed E-state index contributed by atoms with van der Waals surface area (Å²) in [4.78, 5) is 10.1. The average Bonchev–Trinajstić information content (AvgIpc) is 3.04. The molecule has 1 aromatic carbocycles. The van der Waals surface area contributed by atoms with Crippen LogP contribution in [-0.4, -0.2) is 61.1 Å². The molecule has 0 radical (unpaired) electrons. The van der Waals surface area contributed by atoms with Gasteiger partial charge in [0.05, 0.1) is 6.54 Å². The van der Waals surface area contributed by atoms with Crippen LogP contribution in [0.3, 0.4) is 0 Å². The van der Waals surface area contributed by atoms with E-state index in [0.717, 1.165) is 45.2 Å². The highest BCUT2D eigenvalue weighted by molar-refractivity contribution is 14.0. The zero-order chi connectivity index (χ0) is 18.0. The first kappa shape index (κ1) is 21.1. The standard InChI is InChI=1S/C21H29BrN4.HI/c1-2-23-20(26-13-8-19(15-26)25-11-3-4-12-25)24-16-21(9-10-21)17-6-5-7-18(22)14-17;/h3-7,14,19H,2,8-13,15-16H2,1H3,(H,23,24);1H. The van der Waals surface area contributed by atoms with Crippen LogP contribution < -0.4 is 5.32 Å². The number of aliphatic imine (C=N–C) groups is 1. The van der Waals surface area contributed by atoms with Gasteiger partial charge in [-0.25, -0.2) is 0 Å². The summed E-state index contributed by atoms with van der Waals surface area (Å²) in [5.41, 5.74) is 1.68. The SMILES string of the molecule is CCNC(=NCC1(c2cccc(Br)c2)CC1)N1CCC(N2CC=CC2)C1.I. The van der Waals surface area contributed by atoms with Gasteiger partial charge in [0.15, 0.2) is 5.96 Å². The number of halogens is 2. The molecule has 0 aromatic heterocycles. The van der Waals surface area contributed by atoms with Crippen LogP contribution >= 0.6 is 39.9 Å². The van der Waals surface area contributed by atoms with E-state index in [1.807, 2.05) is 0 Å². The maximum atomic E-state index is 5.08. The number of guanidine groups is 1. The minimum atomic E-state index is 0. The Labute approximate surface area is 188 Å². The second kappa shape index (κ2) is 9.27. The van der Waals surface area contributed by atoms with Gasteiger partial charge in [-0.1, -0.05) is 40.2 Å². The molecule has 2 fully saturated rings. The molecule has 1 aromatic rings. The molecule has 1 N–H and O–H groups in total. The Hall–Kier alpha value is -0.600. The van der Waals surface area contributed by atoms with E-state index in [0.29, 0.717) is 6.04 Å². The van der Waals surface area contributed by atoms with E-state index in [4.69, 9.17) is 4.99 Å². The highest BCUT2D eigenvalue weighted by Crippen LogP contribution is 2.48. The molecule has 148 valence electrons. The van der Waals surface area contributed by atoms with Crippen molar-refractivity contribution in [2.24, 2.45) is 4.99 Å². The fourth-order valence-electron chi connectivity index (χ4n) is 4.18. The molecule has 1 atom stereocenters. The third-order valence-electron chi connectivity index (χ3n) is 5.98. The average molecular weight is 545 g/mol. The number of nitrogens with one attached hydrogen (secondary N) is 1. The Bertz CT molecular complexity index is 693. The highest BCUT2D eigenvalue weighted by atomic mass is 127. The third kappa shape index (κ3) is 4.88. The van der Waals surface area contributed by atoms with Crippen molar-refractivity contribution in [2.75, 3.05) is 39.3 Å². The van der Waals surface area contributed by atoms with Gasteiger partial charge in [0, 0.05) is 48.7 Å². The van der Waals surface area contributed by atoms with Crippen LogP contribution in [0, 0.1) is 0 Å². The molecule has 0 amide bonds. The molecule has 0 spiro atoms. The zero-order valence-electron chi connectivity index (χ0n) is 16.0. The number of rotatable bonds is 5. The van der Waals surface area contributed by atoms with Gasteiger partial charge in [-0.2, -0.15) is 0 Å². The molecule has 27 heavy (non-hydrogen) atoms. The monoisotopic (exact) mass is 544 g/mol. The lowest BCUT2D eigenvalue weighted by atomic mass is 9.96. The van der Waals surface area contributed by atoms with Crippen molar-refractivity contribution in [2.45, 2.75) is 37.6 Å². The van der Waals surface area contributed by atoms with Crippen molar-refractivity contribution in [3.8, 4) is 0 Å². The Balaban J connectivity index is 0.00000210. The summed E-state index contributed by atoms with van der Waals surface area (Å²) in [6.45, 7) is 8.40. The number of benzene rings is 1. The fourth-order valence-corrected chi connectivity index (χ4v) is 4.58. The quantitative estimate of drug-likeness (QED) is 0.263. The first-order valence-electron chi connectivity index (χ1n) is 9.88. The van der Waals surface area contributed by atoms with E-state index in [1.165, 1.54) is 29.3 Å². The number of likely N-dealkylation sites (tertiary alicyclic amines) is 1. The maximum absolute atomic E-state index is 5.08. The molecule has 4 nitrogen and oxygen atoms in total. The molecule has 2 heterocycles. The molecule has 1 saturated carbocycles.